The average Bonchev–Trinajstić information content (AvgIpc) is 3.20. The summed E-state index contributed by atoms with van der Waals surface area (Å²) in [5.74, 6) is 0. The molecule has 0 spiro atoms. The largest absolute Gasteiger partial charge is 0.386 e. The predicted molar refractivity (Wildman–Crippen MR) is 80.9 cm³/mol. The van der Waals surface area contributed by atoms with Gasteiger partial charge in [-0.3, -0.25) is 0 Å². The summed E-state index contributed by atoms with van der Waals surface area (Å²) in [7, 11) is 0. The van der Waals surface area contributed by atoms with Crippen LogP contribution in [0.1, 0.15) is 30.1 Å². The van der Waals surface area contributed by atoms with Crippen LogP contribution in [0.25, 0.3) is 11.0 Å². The molecule has 1 fully saturated rings. The van der Waals surface area contributed by atoms with Gasteiger partial charge in [0.2, 0.25) is 0 Å². The van der Waals surface area contributed by atoms with Crippen molar-refractivity contribution in [2.75, 3.05) is 0 Å². The first-order valence-corrected chi connectivity index (χ1v) is 7.26. The minimum absolute atomic E-state index is 0.342. The Hall–Kier alpha value is -2.20. The molecule has 4 rings (SSSR count). The smallest absolute Gasteiger partial charge is 0.113 e. The van der Waals surface area contributed by atoms with Crippen LogP contribution in [0.2, 0.25) is 0 Å². The van der Waals surface area contributed by atoms with Crippen LogP contribution in [-0.2, 0) is 5.54 Å². The Kier molecular flexibility index (Phi) is 2.62. The molecule has 1 heterocycles. The SMILES string of the molecule is Cc1ccc(C(O)C2(n3nnc4ccccc43)CC2)cc1. The highest BCUT2D eigenvalue weighted by molar-refractivity contribution is 5.74. The van der Waals surface area contributed by atoms with Gasteiger partial charge in [0.05, 0.1) is 11.1 Å². The fourth-order valence-corrected chi connectivity index (χ4v) is 2.99. The first kappa shape index (κ1) is 12.5. The lowest BCUT2D eigenvalue weighted by Crippen LogP contribution is -2.27. The molecular formula is C17H17N3O. The van der Waals surface area contributed by atoms with Crippen molar-refractivity contribution in [3.63, 3.8) is 0 Å². The molecule has 1 aromatic heterocycles. The van der Waals surface area contributed by atoms with Crippen molar-refractivity contribution in [3.05, 3.63) is 59.7 Å². The summed E-state index contributed by atoms with van der Waals surface area (Å²) in [6, 6.07) is 16.0. The number of hydrogen-bond donors (Lipinski definition) is 1. The molecule has 106 valence electrons. The highest BCUT2D eigenvalue weighted by Gasteiger charge is 2.53. The van der Waals surface area contributed by atoms with E-state index in [2.05, 4.69) is 10.3 Å². The molecule has 1 N–H and O–H groups in total. The topological polar surface area (TPSA) is 50.9 Å². The molecule has 21 heavy (non-hydrogen) atoms. The average molecular weight is 279 g/mol. The summed E-state index contributed by atoms with van der Waals surface area (Å²) < 4.78 is 1.91. The summed E-state index contributed by atoms with van der Waals surface area (Å²) in [5, 5.41) is 19.4. The van der Waals surface area contributed by atoms with Crippen LogP contribution in [0.4, 0.5) is 0 Å². The Morgan fingerprint density at radius 1 is 1.10 bits per heavy atom. The third-order valence-corrected chi connectivity index (χ3v) is 4.44. The van der Waals surface area contributed by atoms with Gasteiger partial charge in [0.25, 0.3) is 0 Å². The van der Waals surface area contributed by atoms with Crippen LogP contribution in [0.3, 0.4) is 0 Å². The van der Waals surface area contributed by atoms with E-state index in [0.717, 1.165) is 29.4 Å². The number of para-hydroxylation sites is 1. The van der Waals surface area contributed by atoms with Crippen LogP contribution in [0.5, 0.6) is 0 Å². The van der Waals surface area contributed by atoms with E-state index in [0.29, 0.717) is 0 Å². The zero-order valence-electron chi connectivity index (χ0n) is 11.9. The quantitative estimate of drug-likeness (QED) is 0.802. The molecule has 0 bridgehead atoms. The van der Waals surface area contributed by atoms with Crippen LogP contribution in [-0.4, -0.2) is 20.1 Å². The normalized spacial score (nSPS) is 17.8. The number of aryl methyl sites for hydroxylation is 1. The maximum Gasteiger partial charge on any atom is 0.113 e. The van der Waals surface area contributed by atoms with Crippen molar-refractivity contribution in [2.45, 2.75) is 31.4 Å². The lowest BCUT2D eigenvalue weighted by atomic mass is 9.99. The van der Waals surface area contributed by atoms with Gasteiger partial charge in [-0.15, -0.1) is 5.10 Å². The van der Waals surface area contributed by atoms with E-state index in [4.69, 9.17) is 0 Å². The van der Waals surface area contributed by atoms with E-state index in [1.807, 2.05) is 60.1 Å². The monoisotopic (exact) mass is 279 g/mol. The maximum atomic E-state index is 10.8. The zero-order valence-corrected chi connectivity index (χ0v) is 11.9. The second kappa shape index (κ2) is 4.40. The molecular weight excluding hydrogens is 262 g/mol. The lowest BCUT2D eigenvalue weighted by molar-refractivity contribution is 0.0916. The number of benzene rings is 2. The van der Waals surface area contributed by atoms with Gasteiger partial charge in [-0.2, -0.15) is 0 Å². The molecule has 1 aliphatic carbocycles. The van der Waals surface area contributed by atoms with E-state index >= 15 is 0 Å². The van der Waals surface area contributed by atoms with Gasteiger partial charge in [0.15, 0.2) is 0 Å². The van der Waals surface area contributed by atoms with E-state index in [9.17, 15) is 5.11 Å². The highest BCUT2D eigenvalue weighted by Crippen LogP contribution is 2.53. The molecule has 0 saturated heterocycles. The Morgan fingerprint density at radius 3 is 2.52 bits per heavy atom. The Bertz CT molecular complexity index is 787. The van der Waals surface area contributed by atoms with Crippen molar-refractivity contribution in [1.29, 1.82) is 0 Å². The highest BCUT2D eigenvalue weighted by atomic mass is 16.3. The number of rotatable bonds is 3. The van der Waals surface area contributed by atoms with Gasteiger partial charge in [0.1, 0.15) is 11.6 Å². The molecule has 3 aromatic rings. The molecule has 1 saturated carbocycles. The molecule has 0 radical (unpaired) electrons. The summed E-state index contributed by atoms with van der Waals surface area (Å²) in [6.07, 6.45) is 1.30. The molecule has 1 aliphatic rings. The second-order valence-corrected chi connectivity index (χ2v) is 5.91. The molecule has 4 heteroatoms. The molecule has 1 unspecified atom stereocenters. The first-order valence-electron chi connectivity index (χ1n) is 7.26. The fraction of sp³-hybridized carbons (Fsp3) is 0.294. The van der Waals surface area contributed by atoms with Crippen molar-refractivity contribution in [1.82, 2.24) is 15.0 Å². The van der Waals surface area contributed by atoms with Crippen molar-refractivity contribution in [2.24, 2.45) is 0 Å². The van der Waals surface area contributed by atoms with Crippen molar-refractivity contribution >= 4 is 11.0 Å². The number of fused-ring (bicyclic) bond motifs is 1. The van der Waals surface area contributed by atoms with Gasteiger partial charge >= 0.3 is 0 Å². The Balaban J connectivity index is 1.78. The van der Waals surface area contributed by atoms with Crippen LogP contribution >= 0.6 is 0 Å². The summed E-state index contributed by atoms with van der Waals surface area (Å²) in [6.45, 7) is 2.05. The van der Waals surface area contributed by atoms with Crippen LogP contribution in [0, 0.1) is 6.92 Å². The third-order valence-electron chi connectivity index (χ3n) is 4.44. The van der Waals surface area contributed by atoms with E-state index in [1.165, 1.54) is 5.56 Å². The first-order chi connectivity index (χ1) is 10.2. The summed E-state index contributed by atoms with van der Waals surface area (Å²) in [4.78, 5) is 0. The molecule has 0 aliphatic heterocycles. The minimum Gasteiger partial charge on any atom is -0.386 e. The van der Waals surface area contributed by atoms with Gasteiger partial charge in [-0.05, 0) is 37.5 Å². The number of aromatic nitrogens is 3. The van der Waals surface area contributed by atoms with E-state index in [-0.39, 0.29) is 5.54 Å². The van der Waals surface area contributed by atoms with Gasteiger partial charge < -0.3 is 5.11 Å². The predicted octanol–water partition coefficient (Wildman–Crippen LogP) is 2.96. The molecule has 2 aromatic carbocycles. The molecule has 0 amide bonds. The lowest BCUT2D eigenvalue weighted by Gasteiger charge is -2.23. The number of nitrogens with zero attached hydrogens (tertiary/aromatic N) is 3. The summed E-state index contributed by atoms with van der Waals surface area (Å²) in [5.41, 5.74) is 3.66. The third kappa shape index (κ3) is 1.87. The second-order valence-electron chi connectivity index (χ2n) is 5.91. The number of aliphatic hydroxyl groups excluding tert-OH is 1. The van der Waals surface area contributed by atoms with Gasteiger partial charge in [0, 0.05) is 0 Å². The standard InChI is InChI=1S/C17H17N3O/c1-12-6-8-13(9-7-12)16(21)17(10-11-17)20-15-5-3-2-4-14(15)18-19-20/h2-9,16,21H,10-11H2,1H3. The van der Waals surface area contributed by atoms with Crippen LogP contribution < -0.4 is 0 Å². The van der Waals surface area contributed by atoms with E-state index < -0.39 is 6.10 Å². The Labute approximate surface area is 123 Å². The van der Waals surface area contributed by atoms with Crippen LogP contribution in [0.15, 0.2) is 48.5 Å². The van der Waals surface area contributed by atoms with Crippen molar-refractivity contribution < 1.29 is 5.11 Å². The number of aliphatic hydroxyl groups is 1. The minimum atomic E-state index is -0.553. The van der Waals surface area contributed by atoms with E-state index in [1.54, 1.807) is 0 Å². The fourth-order valence-electron chi connectivity index (χ4n) is 2.99. The van der Waals surface area contributed by atoms with Gasteiger partial charge in [-0.1, -0.05) is 47.2 Å². The molecule has 4 nitrogen and oxygen atoms in total. The van der Waals surface area contributed by atoms with Crippen molar-refractivity contribution in [3.8, 4) is 0 Å². The number of hydrogen-bond acceptors (Lipinski definition) is 3. The summed E-state index contributed by atoms with van der Waals surface area (Å²) >= 11 is 0. The van der Waals surface area contributed by atoms with Gasteiger partial charge in [-0.25, -0.2) is 4.68 Å². The molecule has 1 atom stereocenters. The maximum absolute atomic E-state index is 10.8. The zero-order chi connectivity index (χ0) is 14.4. The Morgan fingerprint density at radius 2 is 1.81 bits per heavy atom.